The lowest BCUT2D eigenvalue weighted by Crippen LogP contribution is -2.49. The van der Waals surface area contributed by atoms with Gasteiger partial charge in [-0.3, -0.25) is 4.79 Å². The van der Waals surface area contributed by atoms with Crippen LogP contribution in [-0.2, 0) is 0 Å². The van der Waals surface area contributed by atoms with Crippen molar-refractivity contribution in [3.8, 4) is 11.1 Å². The first kappa shape index (κ1) is 18.9. The topological polar surface area (TPSA) is 62.5 Å². The average Bonchev–Trinajstić information content (AvgIpc) is 3.21. The summed E-state index contributed by atoms with van der Waals surface area (Å²) in [6.07, 6.45) is 6.01. The third-order valence-electron chi connectivity index (χ3n) is 6.08. The van der Waals surface area contributed by atoms with Gasteiger partial charge in [0.25, 0.3) is 5.91 Å². The molecule has 2 aliphatic rings. The Labute approximate surface area is 167 Å². The van der Waals surface area contributed by atoms with Gasteiger partial charge < -0.3 is 15.5 Å². The van der Waals surface area contributed by atoms with Gasteiger partial charge in [0.2, 0.25) is 0 Å². The number of nitrogens with two attached hydrogens (primary N) is 1. The highest BCUT2D eigenvalue weighted by Gasteiger charge is 2.29. The summed E-state index contributed by atoms with van der Waals surface area (Å²) in [6, 6.07) is 12.1. The van der Waals surface area contributed by atoms with E-state index in [0.717, 1.165) is 48.3 Å². The van der Waals surface area contributed by atoms with Gasteiger partial charge in [0, 0.05) is 36.0 Å². The van der Waals surface area contributed by atoms with Crippen molar-refractivity contribution in [2.45, 2.75) is 45.1 Å². The minimum Gasteiger partial charge on any atom is -0.384 e. The van der Waals surface area contributed by atoms with E-state index in [2.05, 4.69) is 14.8 Å². The molecule has 4 rings (SSSR count). The Morgan fingerprint density at radius 1 is 1.11 bits per heavy atom. The zero-order chi connectivity index (χ0) is 19.5. The second kappa shape index (κ2) is 8.31. The number of likely N-dealkylation sites (tertiary alicyclic amines) is 2. The van der Waals surface area contributed by atoms with Crippen LogP contribution >= 0.6 is 0 Å². The Hall–Kier alpha value is -2.40. The molecule has 2 aliphatic heterocycles. The molecule has 0 unspecified atom stereocenters. The van der Waals surface area contributed by atoms with E-state index in [1.807, 2.05) is 43.3 Å². The van der Waals surface area contributed by atoms with E-state index in [9.17, 15) is 4.79 Å². The summed E-state index contributed by atoms with van der Waals surface area (Å²) in [5.41, 5.74) is 9.48. The number of carbonyl (C=O) groups is 1. The van der Waals surface area contributed by atoms with Gasteiger partial charge >= 0.3 is 0 Å². The van der Waals surface area contributed by atoms with Crippen LogP contribution < -0.4 is 5.73 Å². The fourth-order valence-electron chi connectivity index (χ4n) is 4.59. The highest BCUT2D eigenvalue weighted by Crippen LogP contribution is 2.26. The lowest BCUT2D eigenvalue weighted by Gasteiger charge is -2.38. The van der Waals surface area contributed by atoms with E-state index >= 15 is 0 Å². The number of rotatable bonds is 4. The summed E-state index contributed by atoms with van der Waals surface area (Å²) in [5, 5.41) is 0. The van der Waals surface area contributed by atoms with Crippen molar-refractivity contribution in [3.63, 3.8) is 0 Å². The maximum absolute atomic E-state index is 13.4. The first-order chi connectivity index (χ1) is 13.6. The summed E-state index contributed by atoms with van der Waals surface area (Å²) in [6.45, 7) is 6.20. The van der Waals surface area contributed by atoms with Crippen molar-refractivity contribution >= 4 is 11.7 Å². The first-order valence-corrected chi connectivity index (χ1v) is 10.5. The number of amides is 1. The summed E-state index contributed by atoms with van der Waals surface area (Å²) in [5.74, 6) is 0.679. The molecule has 0 saturated carbocycles. The van der Waals surface area contributed by atoms with Gasteiger partial charge in [-0.15, -0.1) is 0 Å². The molecule has 2 fully saturated rings. The molecule has 0 aliphatic carbocycles. The molecule has 2 saturated heterocycles. The SMILES string of the molecule is Cc1nc(N)ccc1-c1cccc(C(=O)N2CCCC[C@H]2CN2CCCC2)c1. The summed E-state index contributed by atoms with van der Waals surface area (Å²) < 4.78 is 0. The first-order valence-electron chi connectivity index (χ1n) is 10.5. The van der Waals surface area contributed by atoms with Crippen LogP contribution in [0.25, 0.3) is 11.1 Å². The number of benzene rings is 1. The number of nitrogen functional groups attached to an aromatic ring is 1. The lowest BCUT2D eigenvalue weighted by atomic mass is 9.98. The van der Waals surface area contributed by atoms with Crippen LogP contribution in [0.5, 0.6) is 0 Å². The number of aryl methyl sites for hydroxylation is 1. The van der Waals surface area contributed by atoms with Gasteiger partial charge in [-0.05, 0) is 81.9 Å². The summed E-state index contributed by atoms with van der Waals surface area (Å²) >= 11 is 0. The van der Waals surface area contributed by atoms with Crippen molar-refractivity contribution in [2.24, 2.45) is 0 Å². The molecule has 0 spiro atoms. The number of hydrogen-bond acceptors (Lipinski definition) is 4. The normalized spacial score (nSPS) is 20.5. The number of hydrogen-bond donors (Lipinski definition) is 1. The number of nitrogens with zero attached hydrogens (tertiary/aromatic N) is 3. The Bertz CT molecular complexity index is 844. The van der Waals surface area contributed by atoms with Gasteiger partial charge in [0.15, 0.2) is 0 Å². The van der Waals surface area contributed by atoms with E-state index in [0.29, 0.717) is 11.9 Å². The Kier molecular flexibility index (Phi) is 5.62. The average molecular weight is 379 g/mol. The quantitative estimate of drug-likeness (QED) is 0.881. The third kappa shape index (κ3) is 4.04. The minimum absolute atomic E-state index is 0.159. The van der Waals surface area contributed by atoms with Crippen molar-refractivity contribution in [1.29, 1.82) is 0 Å². The molecule has 1 aromatic heterocycles. The fourth-order valence-corrected chi connectivity index (χ4v) is 4.59. The van der Waals surface area contributed by atoms with Gasteiger partial charge in [0.05, 0.1) is 0 Å². The number of carbonyl (C=O) groups excluding carboxylic acids is 1. The molecule has 28 heavy (non-hydrogen) atoms. The number of pyridine rings is 1. The molecule has 0 radical (unpaired) electrons. The molecule has 5 heteroatoms. The molecule has 1 amide bonds. The predicted octanol–water partition coefficient (Wildman–Crippen LogP) is 3.73. The smallest absolute Gasteiger partial charge is 0.254 e. The van der Waals surface area contributed by atoms with Crippen LogP contribution in [0.3, 0.4) is 0 Å². The van der Waals surface area contributed by atoms with Crippen LogP contribution in [-0.4, -0.2) is 52.9 Å². The van der Waals surface area contributed by atoms with E-state index in [1.54, 1.807) is 0 Å². The standard InChI is InChI=1S/C23H30N4O/c1-17-21(10-11-22(24)25-17)18-7-6-8-19(15-18)23(28)27-14-3-2-9-20(27)16-26-12-4-5-13-26/h6-8,10-11,15,20H,2-5,9,12-14,16H2,1H3,(H2,24,25)/t20-/m0/s1. The van der Waals surface area contributed by atoms with Crippen molar-refractivity contribution in [3.05, 3.63) is 47.7 Å². The maximum atomic E-state index is 13.4. The van der Waals surface area contributed by atoms with Crippen LogP contribution in [0.2, 0.25) is 0 Å². The third-order valence-corrected chi connectivity index (χ3v) is 6.08. The van der Waals surface area contributed by atoms with Crippen LogP contribution in [0.4, 0.5) is 5.82 Å². The van der Waals surface area contributed by atoms with Gasteiger partial charge in [-0.1, -0.05) is 12.1 Å². The Morgan fingerprint density at radius 3 is 2.68 bits per heavy atom. The second-order valence-electron chi connectivity index (χ2n) is 8.11. The number of anilines is 1. The van der Waals surface area contributed by atoms with E-state index in [1.165, 1.54) is 32.4 Å². The summed E-state index contributed by atoms with van der Waals surface area (Å²) in [4.78, 5) is 22.4. The van der Waals surface area contributed by atoms with Crippen LogP contribution in [0.15, 0.2) is 36.4 Å². The molecule has 5 nitrogen and oxygen atoms in total. The van der Waals surface area contributed by atoms with E-state index in [-0.39, 0.29) is 5.91 Å². The molecule has 1 aromatic carbocycles. The van der Waals surface area contributed by atoms with Gasteiger partial charge in [-0.2, -0.15) is 0 Å². The monoisotopic (exact) mass is 378 g/mol. The van der Waals surface area contributed by atoms with Gasteiger partial charge in [-0.25, -0.2) is 4.98 Å². The van der Waals surface area contributed by atoms with Gasteiger partial charge in [0.1, 0.15) is 5.82 Å². The Morgan fingerprint density at radius 2 is 1.89 bits per heavy atom. The molecule has 2 aromatic rings. The second-order valence-corrected chi connectivity index (χ2v) is 8.11. The number of aromatic nitrogens is 1. The molecule has 3 heterocycles. The summed E-state index contributed by atoms with van der Waals surface area (Å²) in [7, 11) is 0. The predicted molar refractivity (Wildman–Crippen MR) is 113 cm³/mol. The maximum Gasteiger partial charge on any atom is 0.254 e. The molecule has 148 valence electrons. The molecule has 1 atom stereocenters. The zero-order valence-corrected chi connectivity index (χ0v) is 16.7. The Balaban J connectivity index is 1.56. The largest absolute Gasteiger partial charge is 0.384 e. The molecule has 0 bridgehead atoms. The highest BCUT2D eigenvalue weighted by atomic mass is 16.2. The molecular weight excluding hydrogens is 348 g/mol. The highest BCUT2D eigenvalue weighted by molar-refractivity contribution is 5.95. The van der Waals surface area contributed by atoms with Crippen LogP contribution in [0.1, 0.15) is 48.2 Å². The van der Waals surface area contributed by atoms with E-state index in [4.69, 9.17) is 5.73 Å². The van der Waals surface area contributed by atoms with Crippen molar-refractivity contribution < 1.29 is 4.79 Å². The fraction of sp³-hybridized carbons (Fsp3) is 0.478. The van der Waals surface area contributed by atoms with Crippen molar-refractivity contribution in [2.75, 3.05) is 31.9 Å². The molecular formula is C23H30N4O. The minimum atomic E-state index is 0.159. The number of piperidine rings is 1. The lowest BCUT2D eigenvalue weighted by molar-refractivity contribution is 0.0560. The van der Waals surface area contributed by atoms with Crippen LogP contribution in [0, 0.1) is 6.92 Å². The molecule has 2 N–H and O–H groups in total. The zero-order valence-electron chi connectivity index (χ0n) is 16.7. The van der Waals surface area contributed by atoms with Crippen molar-refractivity contribution in [1.82, 2.24) is 14.8 Å². The van der Waals surface area contributed by atoms with E-state index < -0.39 is 0 Å².